The third-order valence-electron chi connectivity index (χ3n) is 3.58. The molecule has 2 aromatic heterocycles. The summed E-state index contributed by atoms with van der Waals surface area (Å²) in [7, 11) is 0. The molecule has 0 bridgehead atoms. The van der Waals surface area contributed by atoms with Crippen molar-refractivity contribution in [2.24, 2.45) is 5.92 Å². The van der Waals surface area contributed by atoms with E-state index in [4.69, 9.17) is 16.3 Å². The molecular weight excluding hydrogens is 274 g/mol. The average molecular weight is 290 g/mol. The van der Waals surface area contributed by atoms with Crippen LogP contribution in [0.2, 0.25) is 5.15 Å². The fourth-order valence-corrected chi connectivity index (χ4v) is 2.49. The quantitative estimate of drug-likeness (QED) is 0.810. The van der Waals surface area contributed by atoms with Crippen molar-refractivity contribution >= 4 is 11.6 Å². The van der Waals surface area contributed by atoms with E-state index in [0.717, 1.165) is 17.7 Å². The van der Waals surface area contributed by atoms with Crippen LogP contribution in [0.15, 0.2) is 24.4 Å². The van der Waals surface area contributed by atoms with Gasteiger partial charge in [0.05, 0.1) is 6.61 Å². The van der Waals surface area contributed by atoms with Crippen LogP contribution in [0.25, 0.3) is 0 Å². The number of aromatic nitrogens is 3. The van der Waals surface area contributed by atoms with Gasteiger partial charge in [0.15, 0.2) is 0 Å². The van der Waals surface area contributed by atoms with Crippen molar-refractivity contribution in [3.05, 3.63) is 46.6 Å². The second-order valence-electron chi connectivity index (χ2n) is 5.16. The minimum atomic E-state index is 0.463. The molecule has 0 saturated heterocycles. The maximum absolute atomic E-state index is 6.03. The lowest BCUT2D eigenvalue weighted by Gasteiger charge is -2.09. The summed E-state index contributed by atoms with van der Waals surface area (Å²) in [4.78, 5) is 12.8. The number of halogens is 1. The van der Waals surface area contributed by atoms with Crippen LogP contribution >= 0.6 is 11.6 Å². The molecule has 2 heterocycles. The van der Waals surface area contributed by atoms with Gasteiger partial charge in [-0.3, -0.25) is 4.98 Å². The van der Waals surface area contributed by atoms with Crippen molar-refractivity contribution in [2.45, 2.75) is 26.2 Å². The number of nitrogens with zero attached hydrogens (tertiary/aromatic N) is 3. The summed E-state index contributed by atoms with van der Waals surface area (Å²) in [5.41, 5.74) is 1.95. The number of rotatable bonds is 4. The Morgan fingerprint density at radius 3 is 2.90 bits per heavy atom. The van der Waals surface area contributed by atoms with Crippen molar-refractivity contribution in [1.82, 2.24) is 15.0 Å². The number of aryl methyl sites for hydroxylation is 1. The van der Waals surface area contributed by atoms with E-state index in [0.29, 0.717) is 35.3 Å². The van der Waals surface area contributed by atoms with Crippen molar-refractivity contribution in [3.8, 4) is 5.88 Å². The summed E-state index contributed by atoms with van der Waals surface area (Å²) in [5, 5.41) is 0.463. The fourth-order valence-electron chi connectivity index (χ4n) is 2.29. The zero-order valence-electron chi connectivity index (χ0n) is 11.5. The van der Waals surface area contributed by atoms with Crippen LogP contribution in [0.3, 0.4) is 0 Å². The van der Waals surface area contributed by atoms with E-state index in [9.17, 15) is 0 Å². The maximum Gasteiger partial charge on any atom is 0.221 e. The van der Waals surface area contributed by atoms with Gasteiger partial charge in [0, 0.05) is 29.3 Å². The van der Waals surface area contributed by atoms with Gasteiger partial charge in [-0.25, -0.2) is 4.98 Å². The normalized spacial score (nSPS) is 20.8. The van der Waals surface area contributed by atoms with E-state index < -0.39 is 0 Å². The third kappa shape index (κ3) is 2.75. The molecule has 2 aromatic rings. The summed E-state index contributed by atoms with van der Waals surface area (Å²) in [6.45, 7) is 4.33. The van der Waals surface area contributed by atoms with Crippen molar-refractivity contribution in [2.75, 3.05) is 6.61 Å². The predicted octanol–water partition coefficient (Wildman–Crippen LogP) is 3.32. The number of pyridine rings is 1. The first kappa shape index (κ1) is 13.3. The largest absolute Gasteiger partial charge is 0.477 e. The van der Waals surface area contributed by atoms with Gasteiger partial charge in [-0.1, -0.05) is 17.7 Å². The highest BCUT2D eigenvalue weighted by Gasteiger charge is 2.40. The highest BCUT2D eigenvalue weighted by Crippen LogP contribution is 2.46. The highest BCUT2D eigenvalue weighted by atomic mass is 35.5. The predicted molar refractivity (Wildman–Crippen MR) is 77.1 cm³/mol. The first-order chi connectivity index (χ1) is 9.65. The molecule has 2 atom stereocenters. The molecule has 1 aliphatic rings. The van der Waals surface area contributed by atoms with Gasteiger partial charge in [-0.2, -0.15) is 4.98 Å². The molecule has 0 N–H and O–H groups in total. The summed E-state index contributed by atoms with van der Waals surface area (Å²) in [5.74, 6) is 2.25. The summed E-state index contributed by atoms with van der Waals surface area (Å²) >= 11 is 6.03. The molecular formula is C15H16ClN3O. The molecule has 104 valence electrons. The van der Waals surface area contributed by atoms with Gasteiger partial charge in [-0.05, 0) is 32.4 Å². The lowest BCUT2D eigenvalue weighted by molar-refractivity contribution is 0.282. The Balaban J connectivity index is 1.62. The Labute approximate surface area is 123 Å². The SMILES string of the molecule is Cc1nc(Cl)c(C)c(OCC2CC2c2ccccn2)n1. The Morgan fingerprint density at radius 2 is 2.15 bits per heavy atom. The standard InChI is InChI=1S/C15H16ClN3O/c1-9-14(16)18-10(2)19-15(9)20-8-11-7-12(11)13-5-3-4-6-17-13/h3-6,11-12H,7-8H2,1-2H3. The third-order valence-corrected chi connectivity index (χ3v) is 3.95. The molecule has 1 fully saturated rings. The van der Waals surface area contributed by atoms with Gasteiger partial charge in [0.1, 0.15) is 11.0 Å². The number of ether oxygens (including phenoxy) is 1. The fraction of sp³-hybridized carbons (Fsp3) is 0.400. The Hall–Kier alpha value is -1.68. The number of hydrogen-bond donors (Lipinski definition) is 0. The van der Waals surface area contributed by atoms with Crippen molar-refractivity contribution in [1.29, 1.82) is 0 Å². The second kappa shape index (κ2) is 5.37. The lowest BCUT2D eigenvalue weighted by Crippen LogP contribution is -2.06. The molecule has 0 aromatic carbocycles. The van der Waals surface area contributed by atoms with E-state index in [1.165, 1.54) is 0 Å². The molecule has 0 spiro atoms. The molecule has 5 heteroatoms. The molecule has 0 radical (unpaired) electrons. The Morgan fingerprint density at radius 1 is 1.30 bits per heavy atom. The summed E-state index contributed by atoms with van der Waals surface area (Å²) < 4.78 is 5.81. The Kier molecular flexibility index (Phi) is 3.57. The van der Waals surface area contributed by atoms with E-state index in [1.807, 2.05) is 32.2 Å². The zero-order valence-corrected chi connectivity index (χ0v) is 12.3. The average Bonchev–Trinajstić information content (AvgIpc) is 3.22. The molecule has 2 unspecified atom stereocenters. The van der Waals surface area contributed by atoms with Crippen molar-refractivity contribution < 1.29 is 4.74 Å². The van der Waals surface area contributed by atoms with Gasteiger partial charge in [0.2, 0.25) is 5.88 Å². The van der Waals surface area contributed by atoms with Crippen molar-refractivity contribution in [3.63, 3.8) is 0 Å². The van der Waals surface area contributed by atoms with Crippen LogP contribution in [0.5, 0.6) is 5.88 Å². The van der Waals surface area contributed by atoms with Crippen LogP contribution in [-0.4, -0.2) is 21.6 Å². The summed E-state index contributed by atoms with van der Waals surface area (Å²) in [6.07, 6.45) is 2.96. The zero-order chi connectivity index (χ0) is 14.1. The van der Waals surface area contributed by atoms with Gasteiger partial charge < -0.3 is 4.74 Å². The smallest absolute Gasteiger partial charge is 0.221 e. The molecule has 0 aliphatic heterocycles. The minimum Gasteiger partial charge on any atom is -0.477 e. The molecule has 1 aliphatic carbocycles. The lowest BCUT2D eigenvalue weighted by atomic mass is 10.2. The molecule has 1 saturated carbocycles. The highest BCUT2D eigenvalue weighted by molar-refractivity contribution is 6.30. The number of hydrogen-bond acceptors (Lipinski definition) is 4. The summed E-state index contributed by atoms with van der Waals surface area (Å²) in [6, 6.07) is 6.03. The molecule has 3 rings (SSSR count). The molecule has 20 heavy (non-hydrogen) atoms. The molecule has 0 amide bonds. The molecule has 4 nitrogen and oxygen atoms in total. The van der Waals surface area contributed by atoms with Gasteiger partial charge >= 0.3 is 0 Å². The van der Waals surface area contributed by atoms with E-state index in [-0.39, 0.29) is 0 Å². The monoisotopic (exact) mass is 289 g/mol. The van der Waals surface area contributed by atoms with Gasteiger partial charge in [0.25, 0.3) is 0 Å². The topological polar surface area (TPSA) is 47.9 Å². The minimum absolute atomic E-state index is 0.463. The van der Waals surface area contributed by atoms with E-state index in [1.54, 1.807) is 0 Å². The van der Waals surface area contributed by atoms with Crippen LogP contribution in [0, 0.1) is 19.8 Å². The second-order valence-corrected chi connectivity index (χ2v) is 5.52. The maximum atomic E-state index is 6.03. The van der Waals surface area contributed by atoms with Crippen LogP contribution in [-0.2, 0) is 0 Å². The van der Waals surface area contributed by atoms with E-state index >= 15 is 0 Å². The van der Waals surface area contributed by atoms with E-state index in [2.05, 4.69) is 21.0 Å². The van der Waals surface area contributed by atoms with Crippen LogP contribution < -0.4 is 4.74 Å². The Bertz CT molecular complexity index is 618. The first-order valence-electron chi connectivity index (χ1n) is 6.69. The van der Waals surface area contributed by atoms with Crippen LogP contribution in [0.1, 0.15) is 29.4 Å². The van der Waals surface area contributed by atoms with Gasteiger partial charge in [-0.15, -0.1) is 0 Å². The van der Waals surface area contributed by atoms with Crippen LogP contribution in [0.4, 0.5) is 0 Å². The first-order valence-corrected chi connectivity index (χ1v) is 7.07.